The molecule has 0 aliphatic carbocycles. The number of anilines is 3. The SMILES string of the molecule is c1ccc(-c2ccc(N(c3ccc(-c4ccc5ccc6c7ccccc7ccc6c5c4)cc3)c3cccc(-c4cccc5c4sc4ccccc45)c3)cc2)cc1. The molecule has 0 amide bonds. The van der Waals surface area contributed by atoms with Crippen molar-refractivity contribution in [3.05, 3.63) is 212 Å². The van der Waals surface area contributed by atoms with Gasteiger partial charge in [-0.15, -0.1) is 11.3 Å². The van der Waals surface area contributed by atoms with E-state index in [0.29, 0.717) is 0 Å². The predicted octanol–water partition coefficient (Wildman–Crippen LogP) is 16.0. The molecule has 0 saturated carbocycles. The predicted molar refractivity (Wildman–Crippen MR) is 243 cm³/mol. The zero-order valence-corrected chi connectivity index (χ0v) is 31.4. The summed E-state index contributed by atoms with van der Waals surface area (Å²) in [6.07, 6.45) is 0. The second-order valence-corrected chi connectivity index (χ2v) is 15.6. The lowest BCUT2D eigenvalue weighted by Gasteiger charge is -2.26. The molecule has 10 aromatic carbocycles. The second kappa shape index (κ2) is 13.4. The molecule has 0 bridgehead atoms. The van der Waals surface area contributed by atoms with E-state index >= 15 is 0 Å². The number of hydrogen-bond donors (Lipinski definition) is 0. The van der Waals surface area contributed by atoms with Crippen molar-refractivity contribution in [1.82, 2.24) is 0 Å². The maximum absolute atomic E-state index is 2.38. The van der Waals surface area contributed by atoms with Crippen LogP contribution in [0, 0.1) is 0 Å². The lowest BCUT2D eigenvalue weighted by atomic mass is 9.94. The van der Waals surface area contributed by atoms with E-state index in [-0.39, 0.29) is 0 Å². The van der Waals surface area contributed by atoms with Crippen LogP contribution in [0.25, 0.3) is 85.9 Å². The highest BCUT2D eigenvalue weighted by molar-refractivity contribution is 7.26. The fourth-order valence-corrected chi connectivity index (χ4v) is 9.71. The first-order chi connectivity index (χ1) is 27.7. The molecule has 2 heteroatoms. The van der Waals surface area contributed by atoms with Gasteiger partial charge in [0.25, 0.3) is 0 Å². The van der Waals surface area contributed by atoms with E-state index in [1.165, 1.54) is 85.9 Å². The molecule has 0 spiro atoms. The van der Waals surface area contributed by atoms with Gasteiger partial charge < -0.3 is 4.90 Å². The summed E-state index contributed by atoms with van der Waals surface area (Å²) in [6, 6.07) is 77.7. The third-order valence-electron chi connectivity index (χ3n) is 11.3. The van der Waals surface area contributed by atoms with Crippen LogP contribution in [0.4, 0.5) is 17.1 Å². The van der Waals surface area contributed by atoms with Gasteiger partial charge in [-0.3, -0.25) is 0 Å². The Morgan fingerprint density at radius 1 is 0.286 bits per heavy atom. The quantitative estimate of drug-likeness (QED) is 0.154. The highest BCUT2D eigenvalue weighted by Crippen LogP contribution is 2.43. The fourth-order valence-electron chi connectivity index (χ4n) is 8.47. The summed E-state index contributed by atoms with van der Waals surface area (Å²) >= 11 is 1.88. The van der Waals surface area contributed by atoms with Gasteiger partial charge in [-0.05, 0) is 114 Å². The zero-order valence-electron chi connectivity index (χ0n) is 30.6. The Bertz CT molecular complexity index is 3230. The van der Waals surface area contributed by atoms with Crippen molar-refractivity contribution in [1.29, 1.82) is 0 Å². The molecule has 0 unspecified atom stereocenters. The smallest absolute Gasteiger partial charge is 0.0467 e. The van der Waals surface area contributed by atoms with Gasteiger partial charge in [0.15, 0.2) is 0 Å². The minimum atomic E-state index is 1.11. The van der Waals surface area contributed by atoms with Crippen molar-refractivity contribution < 1.29 is 0 Å². The van der Waals surface area contributed by atoms with Crippen molar-refractivity contribution >= 4 is 80.9 Å². The lowest BCUT2D eigenvalue weighted by molar-refractivity contribution is 1.28. The average molecular weight is 730 g/mol. The van der Waals surface area contributed by atoms with Gasteiger partial charge in [0.2, 0.25) is 0 Å². The van der Waals surface area contributed by atoms with Crippen molar-refractivity contribution in [2.24, 2.45) is 0 Å². The van der Waals surface area contributed by atoms with Crippen LogP contribution in [-0.2, 0) is 0 Å². The Kier molecular flexibility index (Phi) is 7.75. The molecule has 56 heavy (non-hydrogen) atoms. The molecule has 1 heterocycles. The van der Waals surface area contributed by atoms with E-state index in [1.54, 1.807) is 0 Å². The largest absolute Gasteiger partial charge is 0.310 e. The topological polar surface area (TPSA) is 3.24 Å². The molecule has 0 aliphatic rings. The van der Waals surface area contributed by atoms with Gasteiger partial charge in [-0.25, -0.2) is 0 Å². The summed E-state index contributed by atoms with van der Waals surface area (Å²) < 4.78 is 2.64. The van der Waals surface area contributed by atoms with Crippen LogP contribution in [0.3, 0.4) is 0 Å². The summed E-state index contributed by atoms with van der Waals surface area (Å²) in [4.78, 5) is 2.38. The highest BCUT2D eigenvalue weighted by atomic mass is 32.1. The maximum atomic E-state index is 2.38. The maximum Gasteiger partial charge on any atom is 0.0467 e. The average Bonchev–Trinajstić information content (AvgIpc) is 3.66. The van der Waals surface area contributed by atoms with Gasteiger partial charge in [-0.1, -0.05) is 164 Å². The van der Waals surface area contributed by atoms with Gasteiger partial charge in [0.1, 0.15) is 0 Å². The number of rotatable bonds is 6. The summed E-state index contributed by atoms with van der Waals surface area (Å²) in [5.41, 5.74) is 10.6. The van der Waals surface area contributed by atoms with Crippen LogP contribution in [0.5, 0.6) is 0 Å². The third kappa shape index (κ3) is 5.54. The highest BCUT2D eigenvalue weighted by Gasteiger charge is 2.17. The number of hydrogen-bond acceptors (Lipinski definition) is 2. The van der Waals surface area contributed by atoms with Crippen LogP contribution < -0.4 is 4.90 Å². The molecule has 0 saturated heterocycles. The van der Waals surface area contributed by atoms with Gasteiger partial charge in [0, 0.05) is 37.2 Å². The fraction of sp³-hybridized carbons (Fsp3) is 0. The minimum Gasteiger partial charge on any atom is -0.310 e. The van der Waals surface area contributed by atoms with Gasteiger partial charge >= 0.3 is 0 Å². The van der Waals surface area contributed by atoms with Crippen molar-refractivity contribution in [2.75, 3.05) is 4.90 Å². The third-order valence-corrected chi connectivity index (χ3v) is 12.5. The first kappa shape index (κ1) is 32.4. The molecule has 0 radical (unpaired) electrons. The zero-order chi connectivity index (χ0) is 37.0. The lowest BCUT2D eigenvalue weighted by Crippen LogP contribution is -2.10. The first-order valence-corrected chi connectivity index (χ1v) is 20.0. The van der Waals surface area contributed by atoms with E-state index < -0.39 is 0 Å². The van der Waals surface area contributed by atoms with Crippen LogP contribution in [0.2, 0.25) is 0 Å². The summed E-state index contributed by atoms with van der Waals surface area (Å²) in [6.45, 7) is 0. The van der Waals surface area contributed by atoms with Crippen molar-refractivity contribution in [3.63, 3.8) is 0 Å². The molecular formula is C54H35NS. The molecule has 11 rings (SSSR count). The molecule has 0 fully saturated rings. The molecule has 0 atom stereocenters. The normalized spacial score (nSPS) is 11.6. The van der Waals surface area contributed by atoms with E-state index in [4.69, 9.17) is 0 Å². The van der Waals surface area contributed by atoms with Crippen LogP contribution in [-0.4, -0.2) is 0 Å². The number of benzene rings is 10. The van der Waals surface area contributed by atoms with E-state index in [1.807, 2.05) is 11.3 Å². The Morgan fingerprint density at radius 3 is 1.62 bits per heavy atom. The number of thiophene rings is 1. The molecule has 262 valence electrons. The minimum absolute atomic E-state index is 1.11. The second-order valence-electron chi connectivity index (χ2n) is 14.5. The van der Waals surface area contributed by atoms with Crippen molar-refractivity contribution in [2.45, 2.75) is 0 Å². The van der Waals surface area contributed by atoms with E-state index in [0.717, 1.165) is 17.1 Å². The van der Waals surface area contributed by atoms with E-state index in [2.05, 4.69) is 217 Å². The Hall–Kier alpha value is -7.00. The Morgan fingerprint density at radius 2 is 0.839 bits per heavy atom. The Balaban J connectivity index is 1.01. The van der Waals surface area contributed by atoms with E-state index in [9.17, 15) is 0 Å². The van der Waals surface area contributed by atoms with Crippen LogP contribution in [0.1, 0.15) is 0 Å². The molecular weight excluding hydrogens is 695 g/mol. The van der Waals surface area contributed by atoms with Gasteiger partial charge in [-0.2, -0.15) is 0 Å². The monoisotopic (exact) mass is 729 g/mol. The molecule has 0 N–H and O–H groups in total. The summed E-state index contributed by atoms with van der Waals surface area (Å²) in [7, 11) is 0. The number of nitrogens with zero attached hydrogens (tertiary/aromatic N) is 1. The Labute approximate surface area is 330 Å². The molecule has 0 aliphatic heterocycles. The van der Waals surface area contributed by atoms with Crippen LogP contribution >= 0.6 is 11.3 Å². The molecule has 11 aromatic rings. The van der Waals surface area contributed by atoms with Gasteiger partial charge in [0.05, 0.1) is 0 Å². The molecule has 1 nitrogen and oxygen atoms in total. The van der Waals surface area contributed by atoms with Crippen molar-refractivity contribution in [3.8, 4) is 33.4 Å². The first-order valence-electron chi connectivity index (χ1n) is 19.2. The van der Waals surface area contributed by atoms with Crippen LogP contribution in [0.15, 0.2) is 212 Å². The summed E-state index contributed by atoms with van der Waals surface area (Å²) in [5, 5.41) is 10.3. The molecule has 1 aromatic heterocycles. The summed E-state index contributed by atoms with van der Waals surface area (Å²) in [5.74, 6) is 0. The standard InChI is InChI=1S/C54H35NS/c1-2-10-36(11-3-1)37-22-28-43(29-23-37)55(45-14-8-13-42(34-45)47-17-9-18-51-50-16-6-7-19-53(50)56-54(47)51)44-30-24-38(25-31-44)41-21-20-40-27-32-48-46-15-5-4-12-39(46)26-33-49(48)52(40)35-41/h1-35H. The number of fused-ring (bicyclic) bond motifs is 8.